The lowest BCUT2D eigenvalue weighted by Gasteiger charge is -2.36. The Morgan fingerprint density at radius 3 is 3.11 bits per heavy atom. The zero-order valence-electron chi connectivity index (χ0n) is 10.9. The molecule has 1 unspecified atom stereocenters. The maximum absolute atomic E-state index is 5.78. The molecule has 6 heteroatoms. The minimum absolute atomic E-state index is 0.168. The quantitative estimate of drug-likeness (QED) is 0.833. The fraction of sp³-hybridized carbons (Fsp3) is 0.667. The third-order valence-corrected chi connectivity index (χ3v) is 3.06. The molecule has 1 fully saturated rings. The van der Waals surface area contributed by atoms with E-state index in [1.54, 1.807) is 0 Å². The van der Waals surface area contributed by atoms with E-state index in [2.05, 4.69) is 14.9 Å². The van der Waals surface area contributed by atoms with Gasteiger partial charge in [-0.3, -0.25) is 0 Å². The number of ether oxygens (including phenoxy) is 2. The molecule has 1 saturated heterocycles. The first-order valence-electron chi connectivity index (χ1n) is 6.26. The number of hydrogen-bond donors (Lipinski definition) is 1. The average Bonchev–Trinajstić information content (AvgIpc) is 2.41. The topological polar surface area (TPSA) is 73.5 Å². The summed E-state index contributed by atoms with van der Waals surface area (Å²) < 4.78 is 10.9. The molecule has 2 rings (SSSR count). The van der Waals surface area contributed by atoms with Gasteiger partial charge in [-0.15, -0.1) is 0 Å². The molecule has 0 aliphatic carbocycles. The standard InChI is InChI=1S/C12H20N4O2/c1-3-18-12-9(2)11(14-8-15-12)16-4-5-17-7-10(16)6-13/h8,10H,3-7,13H2,1-2H3. The summed E-state index contributed by atoms with van der Waals surface area (Å²) in [7, 11) is 0. The molecule has 18 heavy (non-hydrogen) atoms. The predicted octanol–water partition coefficient (Wildman–Crippen LogP) is 0.348. The first-order chi connectivity index (χ1) is 8.77. The molecule has 1 aliphatic rings. The van der Waals surface area contributed by atoms with E-state index in [0.29, 0.717) is 32.2 Å². The summed E-state index contributed by atoms with van der Waals surface area (Å²) >= 11 is 0. The largest absolute Gasteiger partial charge is 0.478 e. The molecule has 1 aromatic rings. The zero-order valence-corrected chi connectivity index (χ0v) is 10.9. The van der Waals surface area contributed by atoms with E-state index < -0.39 is 0 Å². The molecule has 1 atom stereocenters. The molecular formula is C12H20N4O2. The number of morpholine rings is 1. The molecule has 0 spiro atoms. The molecule has 100 valence electrons. The van der Waals surface area contributed by atoms with Crippen LogP contribution in [0.4, 0.5) is 5.82 Å². The number of rotatable bonds is 4. The molecule has 0 amide bonds. The highest BCUT2D eigenvalue weighted by atomic mass is 16.5. The maximum atomic E-state index is 5.78. The van der Waals surface area contributed by atoms with Gasteiger partial charge in [0.15, 0.2) is 0 Å². The summed E-state index contributed by atoms with van der Waals surface area (Å²) in [5, 5.41) is 0. The molecule has 0 saturated carbocycles. The van der Waals surface area contributed by atoms with Gasteiger partial charge in [-0.25, -0.2) is 9.97 Å². The number of aromatic nitrogens is 2. The average molecular weight is 252 g/mol. The van der Waals surface area contributed by atoms with Crippen LogP contribution in [-0.4, -0.2) is 48.9 Å². The summed E-state index contributed by atoms with van der Waals surface area (Å²) in [5.41, 5.74) is 6.74. The van der Waals surface area contributed by atoms with Crippen molar-refractivity contribution in [3.63, 3.8) is 0 Å². The Balaban J connectivity index is 2.28. The Bertz CT molecular complexity index is 400. The Morgan fingerprint density at radius 2 is 2.39 bits per heavy atom. The van der Waals surface area contributed by atoms with Gasteiger partial charge >= 0.3 is 0 Å². The Morgan fingerprint density at radius 1 is 1.56 bits per heavy atom. The van der Waals surface area contributed by atoms with Crippen molar-refractivity contribution in [3.05, 3.63) is 11.9 Å². The molecule has 0 radical (unpaired) electrons. The Hall–Kier alpha value is -1.40. The fourth-order valence-corrected chi connectivity index (χ4v) is 2.13. The lowest BCUT2D eigenvalue weighted by atomic mass is 10.2. The summed E-state index contributed by atoms with van der Waals surface area (Å²) in [4.78, 5) is 10.7. The second-order valence-corrected chi connectivity index (χ2v) is 4.22. The van der Waals surface area contributed by atoms with E-state index in [-0.39, 0.29) is 6.04 Å². The van der Waals surface area contributed by atoms with Crippen molar-refractivity contribution in [1.82, 2.24) is 9.97 Å². The van der Waals surface area contributed by atoms with Crippen molar-refractivity contribution in [2.24, 2.45) is 5.73 Å². The van der Waals surface area contributed by atoms with Crippen LogP contribution in [0.5, 0.6) is 5.88 Å². The maximum Gasteiger partial charge on any atom is 0.221 e. The molecule has 6 nitrogen and oxygen atoms in total. The van der Waals surface area contributed by atoms with Crippen molar-refractivity contribution < 1.29 is 9.47 Å². The normalized spacial score (nSPS) is 19.9. The van der Waals surface area contributed by atoms with E-state index in [9.17, 15) is 0 Å². The summed E-state index contributed by atoms with van der Waals surface area (Å²) in [6.45, 7) is 7.20. The first-order valence-corrected chi connectivity index (χ1v) is 6.26. The number of hydrogen-bond acceptors (Lipinski definition) is 6. The van der Waals surface area contributed by atoms with Crippen LogP contribution in [0.1, 0.15) is 12.5 Å². The van der Waals surface area contributed by atoms with Gasteiger partial charge in [0.25, 0.3) is 0 Å². The van der Waals surface area contributed by atoms with Crippen molar-refractivity contribution in [3.8, 4) is 5.88 Å². The van der Waals surface area contributed by atoms with Crippen molar-refractivity contribution in [2.75, 3.05) is 37.8 Å². The highest BCUT2D eigenvalue weighted by Crippen LogP contribution is 2.26. The zero-order chi connectivity index (χ0) is 13.0. The van der Waals surface area contributed by atoms with Crippen molar-refractivity contribution >= 4 is 5.82 Å². The number of nitrogens with zero attached hydrogens (tertiary/aromatic N) is 3. The molecule has 0 aromatic carbocycles. The SMILES string of the molecule is CCOc1ncnc(N2CCOCC2CN)c1C. The van der Waals surface area contributed by atoms with Gasteiger partial charge in [-0.1, -0.05) is 0 Å². The summed E-state index contributed by atoms with van der Waals surface area (Å²) in [5.74, 6) is 1.54. The Labute approximate surface area is 107 Å². The molecule has 0 bridgehead atoms. The van der Waals surface area contributed by atoms with Crippen LogP contribution in [0.25, 0.3) is 0 Å². The van der Waals surface area contributed by atoms with Gasteiger partial charge in [-0.2, -0.15) is 0 Å². The second-order valence-electron chi connectivity index (χ2n) is 4.22. The smallest absolute Gasteiger partial charge is 0.221 e. The number of nitrogens with two attached hydrogens (primary N) is 1. The highest BCUT2D eigenvalue weighted by molar-refractivity contribution is 5.51. The van der Waals surface area contributed by atoms with E-state index in [4.69, 9.17) is 15.2 Å². The van der Waals surface area contributed by atoms with E-state index in [0.717, 1.165) is 17.9 Å². The number of anilines is 1. The van der Waals surface area contributed by atoms with Gasteiger partial charge in [0.2, 0.25) is 5.88 Å². The van der Waals surface area contributed by atoms with Crippen LogP contribution >= 0.6 is 0 Å². The van der Waals surface area contributed by atoms with Crippen LogP contribution in [0.2, 0.25) is 0 Å². The highest BCUT2D eigenvalue weighted by Gasteiger charge is 2.25. The third-order valence-electron chi connectivity index (χ3n) is 3.06. The van der Waals surface area contributed by atoms with E-state index >= 15 is 0 Å². The molecule has 2 heterocycles. The van der Waals surface area contributed by atoms with Crippen LogP contribution in [0.15, 0.2) is 6.33 Å². The Kier molecular flexibility index (Phi) is 4.33. The lowest BCUT2D eigenvalue weighted by Crippen LogP contribution is -2.50. The second kappa shape index (κ2) is 5.97. The van der Waals surface area contributed by atoms with Gasteiger partial charge in [0.05, 0.1) is 31.4 Å². The molecule has 1 aliphatic heterocycles. The van der Waals surface area contributed by atoms with Crippen LogP contribution < -0.4 is 15.4 Å². The van der Waals surface area contributed by atoms with Crippen LogP contribution in [0.3, 0.4) is 0 Å². The molecule has 2 N–H and O–H groups in total. The third kappa shape index (κ3) is 2.54. The van der Waals surface area contributed by atoms with Crippen molar-refractivity contribution in [1.29, 1.82) is 0 Å². The van der Waals surface area contributed by atoms with Crippen LogP contribution in [0, 0.1) is 6.92 Å². The predicted molar refractivity (Wildman–Crippen MR) is 68.9 cm³/mol. The minimum Gasteiger partial charge on any atom is -0.478 e. The summed E-state index contributed by atoms with van der Waals surface area (Å²) in [6.07, 6.45) is 1.54. The van der Waals surface area contributed by atoms with E-state index in [1.165, 1.54) is 6.33 Å². The minimum atomic E-state index is 0.168. The van der Waals surface area contributed by atoms with Gasteiger partial charge in [-0.05, 0) is 13.8 Å². The lowest BCUT2D eigenvalue weighted by molar-refractivity contribution is 0.0957. The van der Waals surface area contributed by atoms with Crippen molar-refractivity contribution in [2.45, 2.75) is 19.9 Å². The summed E-state index contributed by atoms with van der Waals surface area (Å²) in [6, 6.07) is 0.168. The fourth-order valence-electron chi connectivity index (χ4n) is 2.13. The van der Waals surface area contributed by atoms with Gasteiger partial charge in [0.1, 0.15) is 12.1 Å². The van der Waals surface area contributed by atoms with Gasteiger partial charge < -0.3 is 20.1 Å². The van der Waals surface area contributed by atoms with E-state index in [1.807, 2.05) is 13.8 Å². The van der Waals surface area contributed by atoms with Gasteiger partial charge in [0, 0.05) is 13.1 Å². The molecular weight excluding hydrogens is 232 g/mol. The monoisotopic (exact) mass is 252 g/mol. The van der Waals surface area contributed by atoms with Crippen LogP contribution in [-0.2, 0) is 4.74 Å². The first kappa shape index (κ1) is 13.0. The molecule has 1 aromatic heterocycles.